The summed E-state index contributed by atoms with van der Waals surface area (Å²) in [5, 5.41) is 0. The Bertz CT molecular complexity index is 400. The van der Waals surface area contributed by atoms with E-state index >= 15 is 0 Å². The summed E-state index contributed by atoms with van der Waals surface area (Å²) in [6, 6.07) is 0. The van der Waals surface area contributed by atoms with Crippen LogP contribution in [0.2, 0.25) is 0 Å². The van der Waals surface area contributed by atoms with E-state index in [1.807, 2.05) is 6.92 Å². The highest BCUT2D eigenvalue weighted by Gasteiger charge is 2.41. The fourth-order valence-corrected chi connectivity index (χ4v) is 8.72. The van der Waals surface area contributed by atoms with Crippen LogP contribution in [0.25, 0.3) is 0 Å². The van der Waals surface area contributed by atoms with E-state index in [0.717, 1.165) is 17.9 Å². The van der Waals surface area contributed by atoms with Gasteiger partial charge in [0.05, 0.1) is 0 Å². The van der Waals surface area contributed by atoms with Gasteiger partial charge in [-0.2, -0.15) is 0 Å². The smallest absolute Gasteiger partial charge is 0.187 e. The van der Waals surface area contributed by atoms with Crippen LogP contribution in [0.1, 0.15) is 52.9 Å². The van der Waals surface area contributed by atoms with Crippen molar-refractivity contribution in [1.29, 1.82) is 0 Å². The van der Waals surface area contributed by atoms with Gasteiger partial charge in [-0.05, 0) is 47.5 Å². The SMILES string of the molecule is CCC(=O)C[S+]1CCC(CC(C)(C)C(=O)C[S+]2CCCC2)C1. The van der Waals surface area contributed by atoms with E-state index in [-0.39, 0.29) is 5.41 Å². The average molecular weight is 345 g/mol. The Morgan fingerprint density at radius 3 is 2.36 bits per heavy atom. The summed E-state index contributed by atoms with van der Waals surface area (Å²) < 4.78 is 0. The molecule has 0 aromatic rings. The molecule has 2 rings (SSSR count). The number of Topliss-reactive ketones (excluding diaryl/α,β-unsaturated/α-hetero) is 2. The first kappa shape index (κ1) is 18.4. The first-order valence-corrected chi connectivity index (χ1v) is 12.2. The molecular weight excluding hydrogens is 312 g/mol. The van der Waals surface area contributed by atoms with Crippen LogP contribution in [0.3, 0.4) is 0 Å². The first-order chi connectivity index (χ1) is 10.4. The molecule has 2 fully saturated rings. The van der Waals surface area contributed by atoms with E-state index in [9.17, 15) is 9.59 Å². The molecule has 22 heavy (non-hydrogen) atoms. The van der Waals surface area contributed by atoms with Gasteiger partial charge in [0, 0.05) is 17.8 Å². The van der Waals surface area contributed by atoms with Crippen molar-refractivity contribution in [3.63, 3.8) is 0 Å². The number of rotatable bonds is 8. The van der Waals surface area contributed by atoms with Crippen LogP contribution in [0.15, 0.2) is 0 Å². The third-order valence-corrected chi connectivity index (χ3v) is 9.94. The fourth-order valence-electron chi connectivity index (χ4n) is 3.53. The minimum Gasteiger partial charge on any atom is -0.294 e. The van der Waals surface area contributed by atoms with Crippen LogP contribution >= 0.6 is 0 Å². The molecule has 2 unspecified atom stereocenters. The number of carbonyl (C=O) groups is 2. The Morgan fingerprint density at radius 2 is 1.73 bits per heavy atom. The van der Waals surface area contributed by atoms with Gasteiger partial charge in [-0.1, -0.05) is 20.8 Å². The maximum absolute atomic E-state index is 12.7. The molecule has 0 saturated carbocycles. The summed E-state index contributed by atoms with van der Waals surface area (Å²) in [7, 11) is 0.686. The van der Waals surface area contributed by atoms with E-state index in [1.165, 1.54) is 42.3 Å². The molecule has 0 aromatic carbocycles. The second-order valence-electron chi connectivity index (χ2n) is 7.56. The Morgan fingerprint density at radius 1 is 1.05 bits per heavy atom. The molecule has 4 heteroatoms. The summed E-state index contributed by atoms with van der Waals surface area (Å²) in [6.07, 6.45) is 5.59. The molecule has 0 aliphatic carbocycles. The Kier molecular flexibility index (Phi) is 6.88. The van der Waals surface area contributed by atoms with Crippen LogP contribution in [-0.2, 0) is 31.4 Å². The van der Waals surface area contributed by atoms with Gasteiger partial charge in [0.15, 0.2) is 23.1 Å². The monoisotopic (exact) mass is 344 g/mol. The second-order valence-corrected chi connectivity index (χ2v) is 12.1. The largest absolute Gasteiger partial charge is 0.294 e. The van der Waals surface area contributed by atoms with Gasteiger partial charge in [-0.3, -0.25) is 9.59 Å². The van der Waals surface area contributed by atoms with Crippen molar-refractivity contribution in [1.82, 2.24) is 0 Å². The van der Waals surface area contributed by atoms with Crippen molar-refractivity contribution in [2.75, 3.05) is 34.5 Å². The lowest BCUT2D eigenvalue weighted by Crippen LogP contribution is -2.33. The van der Waals surface area contributed by atoms with Gasteiger partial charge in [0.1, 0.15) is 23.0 Å². The number of hydrogen-bond acceptors (Lipinski definition) is 2. The molecule has 0 bridgehead atoms. The zero-order chi connectivity index (χ0) is 16.2. The van der Waals surface area contributed by atoms with E-state index in [2.05, 4.69) is 13.8 Å². The second kappa shape index (κ2) is 8.23. The summed E-state index contributed by atoms with van der Waals surface area (Å²) in [4.78, 5) is 24.3. The van der Waals surface area contributed by atoms with Gasteiger partial charge >= 0.3 is 0 Å². The molecule has 0 amide bonds. The maximum Gasteiger partial charge on any atom is 0.187 e. The summed E-state index contributed by atoms with van der Waals surface area (Å²) in [6.45, 7) is 6.27. The topological polar surface area (TPSA) is 34.1 Å². The Balaban J connectivity index is 1.78. The number of hydrogen-bond donors (Lipinski definition) is 0. The van der Waals surface area contributed by atoms with Crippen LogP contribution in [0.5, 0.6) is 0 Å². The molecule has 0 spiro atoms. The molecule has 2 nitrogen and oxygen atoms in total. The van der Waals surface area contributed by atoms with Crippen molar-refractivity contribution < 1.29 is 9.59 Å². The highest BCUT2D eigenvalue weighted by atomic mass is 32.2. The van der Waals surface area contributed by atoms with Crippen LogP contribution in [0.4, 0.5) is 0 Å². The molecule has 0 radical (unpaired) electrons. The van der Waals surface area contributed by atoms with Gasteiger partial charge in [-0.15, -0.1) is 0 Å². The average Bonchev–Trinajstić information content (AvgIpc) is 3.10. The zero-order valence-electron chi connectivity index (χ0n) is 14.5. The minimum absolute atomic E-state index is 0.158. The third-order valence-electron chi connectivity index (χ3n) is 5.05. The van der Waals surface area contributed by atoms with Crippen LogP contribution in [-0.4, -0.2) is 46.1 Å². The van der Waals surface area contributed by atoms with Crippen LogP contribution < -0.4 is 0 Å². The standard InChI is InChI=1S/C18H32O2S2/c1-4-16(19)13-22-10-7-15(12-22)11-18(2,3)17(20)14-21-8-5-6-9-21/h15H,4-14H2,1-3H3/q+2. The highest BCUT2D eigenvalue weighted by Crippen LogP contribution is 2.34. The summed E-state index contributed by atoms with van der Waals surface area (Å²) in [5.74, 6) is 8.18. The maximum atomic E-state index is 12.7. The van der Waals surface area contributed by atoms with Crippen LogP contribution in [0, 0.1) is 11.3 Å². The molecule has 2 heterocycles. The minimum atomic E-state index is -0.158. The van der Waals surface area contributed by atoms with Gasteiger partial charge in [-0.25, -0.2) is 0 Å². The van der Waals surface area contributed by atoms with Crippen molar-refractivity contribution in [3.8, 4) is 0 Å². The van der Waals surface area contributed by atoms with Crippen molar-refractivity contribution >= 4 is 33.4 Å². The molecule has 2 atom stereocenters. The molecule has 2 aliphatic heterocycles. The molecule has 126 valence electrons. The number of carbonyl (C=O) groups excluding carboxylic acids is 2. The predicted molar refractivity (Wildman–Crippen MR) is 100.0 cm³/mol. The lowest BCUT2D eigenvalue weighted by Gasteiger charge is -2.24. The summed E-state index contributed by atoms with van der Waals surface area (Å²) >= 11 is 0. The van der Waals surface area contributed by atoms with Gasteiger partial charge in [0.2, 0.25) is 0 Å². The number of ketones is 2. The van der Waals surface area contributed by atoms with Crippen molar-refractivity contribution in [2.24, 2.45) is 11.3 Å². The molecule has 2 aliphatic rings. The van der Waals surface area contributed by atoms with E-state index in [0.29, 0.717) is 45.7 Å². The summed E-state index contributed by atoms with van der Waals surface area (Å²) in [5.41, 5.74) is -0.158. The van der Waals surface area contributed by atoms with Gasteiger partial charge < -0.3 is 0 Å². The fraction of sp³-hybridized carbons (Fsp3) is 0.889. The van der Waals surface area contributed by atoms with E-state index < -0.39 is 0 Å². The molecular formula is C18H32O2S2+2. The zero-order valence-corrected chi connectivity index (χ0v) is 16.1. The molecule has 0 N–H and O–H groups in total. The predicted octanol–water partition coefficient (Wildman–Crippen LogP) is 3.00. The molecule has 0 aromatic heterocycles. The highest BCUT2D eigenvalue weighted by molar-refractivity contribution is 7.98. The normalized spacial score (nSPS) is 26.5. The Hall–Kier alpha value is 0.0400. The van der Waals surface area contributed by atoms with Gasteiger partial charge in [0.25, 0.3) is 0 Å². The van der Waals surface area contributed by atoms with Crippen molar-refractivity contribution in [3.05, 3.63) is 0 Å². The first-order valence-electron chi connectivity index (χ1n) is 8.74. The van der Waals surface area contributed by atoms with E-state index in [4.69, 9.17) is 0 Å². The third kappa shape index (κ3) is 5.30. The quantitative estimate of drug-likeness (QED) is 0.634. The molecule has 2 saturated heterocycles. The Labute approximate surface area is 141 Å². The van der Waals surface area contributed by atoms with Crippen molar-refractivity contribution in [2.45, 2.75) is 52.9 Å². The van der Waals surface area contributed by atoms with E-state index in [1.54, 1.807) is 0 Å². The lowest BCUT2D eigenvalue weighted by molar-refractivity contribution is -0.125. The lowest BCUT2D eigenvalue weighted by atomic mass is 9.79.